The van der Waals surface area contributed by atoms with Crippen molar-refractivity contribution in [3.8, 4) is 0 Å². The monoisotopic (exact) mass is 326 g/mol. The number of aliphatic carboxylic acids is 1. The molecule has 0 saturated carbocycles. The topological polar surface area (TPSA) is 177 Å². The molecule has 11 heteroatoms. The normalized spacial score (nSPS) is 9.23. The van der Waals surface area contributed by atoms with Crippen molar-refractivity contribution < 1.29 is 53.8 Å². The number of aliphatic hydroxyl groups is 3. The summed E-state index contributed by atoms with van der Waals surface area (Å²) in [6.07, 6.45) is -0.754. The lowest BCUT2D eigenvalue weighted by molar-refractivity contribution is -0.163. The number of ketones is 1. The number of Topliss-reactive ketones (excluding diaryl/α,β-unsaturated/α-hetero) is 1. The van der Waals surface area contributed by atoms with E-state index in [0.717, 1.165) is 0 Å². The predicted octanol–water partition coefficient (Wildman–Crippen LogP) is -2.60. The van der Waals surface area contributed by atoms with E-state index in [2.05, 4.69) is 14.2 Å². The zero-order valence-corrected chi connectivity index (χ0v) is 11.6. The first-order valence-corrected chi connectivity index (χ1v) is 5.86. The molecule has 0 atom stereocenters. The summed E-state index contributed by atoms with van der Waals surface area (Å²) in [5, 5.41) is 32.4. The largest absolute Gasteiger partial charge is 0.475 e. The molecule has 0 aromatic heterocycles. The minimum atomic E-state index is -1.45. The number of aliphatic hydroxyl groups excluding tert-OH is 3. The number of esters is 2. The average Bonchev–Trinajstić information content (AvgIpc) is 2.44. The van der Waals surface area contributed by atoms with Gasteiger partial charge in [0.2, 0.25) is 5.78 Å². The fourth-order valence-electron chi connectivity index (χ4n) is 0.802. The van der Waals surface area contributed by atoms with Gasteiger partial charge in [-0.3, -0.25) is 14.4 Å². The molecule has 4 N–H and O–H groups in total. The van der Waals surface area contributed by atoms with Crippen molar-refractivity contribution in [2.45, 2.75) is 12.8 Å². The van der Waals surface area contributed by atoms with Crippen molar-refractivity contribution in [2.75, 3.05) is 33.4 Å². The standard InChI is InChI=1S/C6H10O5.C5H8O6/c7-2-4-11-3-1-5(8)6(9)10;6-2-10-4(8)1-5(9)11-3-7/h7H,1-4H2,(H,9,10);6-7H,1-3H2. The molecule has 0 aromatic carbocycles. The maximum Gasteiger partial charge on any atom is 0.372 e. The van der Waals surface area contributed by atoms with Gasteiger partial charge in [-0.05, 0) is 0 Å². The van der Waals surface area contributed by atoms with E-state index >= 15 is 0 Å². The third kappa shape index (κ3) is 16.0. The van der Waals surface area contributed by atoms with E-state index in [-0.39, 0.29) is 26.2 Å². The molecule has 11 nitrogen and oxygen atoms in total. The number of carboxylic acid groups (broad SMARTS) is 1. The van der Waals surface area contributed by atoms with Crippen molar-refractivity contribution >= 4 is 23.7 Å². The SMILES string of the molecule is O=C(CC(=O)OCO)OCO.O=C(O)C(=O)CCOCCO. The second kappa shape index (κ2) is 15.3. The molecule has 0 aromatic rings. The van der Waals surface area contributed by atoms with Crippen LogP contribution in [0.3, 0.4) is 0 Å². The molecule has 0 unspecified atom stereocenters. The van der Waals surface area contributed by atoms with E-state index in [9.17, 15) is 19.2 Å². The fraction of sp³-hybridized carbons (Fsp3) is 0.636. The molecule has 22 heavy (non-hydrogen) atoms. The summed E-state index contributed by atoms with van der Waals surface area (Å²) in [7, 11) is 0. The first-order valence-electron chi connectivity index (χ1n) is 5.86. The Bertz CT molecular complexity index is 336. The Morgan fingerprint density at radius 1 is 0.818 bits per heavy atom. The molecule has 0 fully saturated rings. The quantitative estimate of drug-likeness (QED) is 0.109. The Kier molecular flexibility index (Phi) is 15.5. The number of hydrogen-bond donors (Lipinski definition) is 4. The van der Waals surface area contributed by atoms with Crippen LogP contribution in [0.5, 0.6) is 0 Å². The van der Waals surface area contributed by atoms with E-state index in [1.54, 1.807) is 0 Å². The van der Waals surface area contributed by atoms with Crippen LogP contribution >= 0.6 is 0 Å². The van der Waals surface area contributed by atoms with Crippen LogP contribution in [0.4, 0.5) is 0 Å². The molecule has 0 rings (SSSR count). The molecule has 0 radical (unpaired) electrons. The lowest BCUT2D eigenvalue weighted by Gasteiger charge is -1.99. The zero-order valence-electron chi connectivity index (χ0n) is 11.6. The fourth-order valence-corrected chi connectivity index (χ4v) is 0.802. The second-order valence-corrected chi connectivity index (χ2v) is 3.28. The molecule has 0 spiro atoms. The van der Waals surface area contributed by atoms with Crippen LogP contribution in [-0.4, -0.2) is 77.5 Å². The first kappa shape index (κ1) is 22.2. The third-order valence-corrected chi connectivity index (χ3v) is 1.69. The summed E-state index contributed by atoms with van der Waals surface area (Å²) in [4.78, 5) is 41.0. The van der Waals surface area contributed by atoms with Crippen LogP contribution in [0.15, 0.2) is 0 Å². The maximum absolute atomic E-state index is 10.4. The first-order chi connectivity index (χ1) is 10.4. The van der Waals surface area contributed by atoms with Gasteiger partial charge in [0.1, 0.15) is 6.42 Å². The lowest BCUT2D eigenvalue weighted by Crippen LogP contribution is -2.15. The van der Waals surface area contributed by atoms with Crippen LogP contribution in [-0.2, 0) is 33.4 Å². The Balaban J connectivity index is 0. The zero-order chi connectivity index (χ0) is 17.4. The van der Waals surface area contributed by atoms with Crippen LogP contribution in [0, 0.1) is 0 Å². The van der Waals surface area contributed by atoms with E-state index in [1.807, 2.05) is 0 Å². The van der Waals surface area contributed by atoms with Crippen molar-refractivity contribution in [2.24, 2.45) is 0 Å². The van der Waals surface area contributed by atoms with Gasteiger partial charge >= 0.3 is 17.9 Å². The lowest BCUT2D eigenvalue weighted by atomic mass is 10.3. The van der Waals surface area contributed by atoms with Gasteiger partial charge in [-0.1, -0.05) is 0 Å². The van der Waals surface area contributed by atoms with Gasteiger partial charge in [0.25, 0.3) is 0 Å². The highest BCUT2D eigenvalue weighted by atomic mass is 16.6. The van der Waals surface area contributed by atoms with Gasteiger partial charge in [0, 0.05) is 6.42 Å². The predicted molar refractivity (Wildman–Crippen MR) is 66.1 cm³/mol. The van der Waals surface area contributed by atoms with Crippen molar-refractivity contribution in [3.05, 3.63) is 0 Å². The highest BCUT2D eigenvalue weighted by molar-refractivity contribution is 6.32. The Morgan fingerprint density at radius 2 is 1.32 bits per heavy atom. The summed E-state index contributed by atoms with van der Waals surface area (Å²) in [6, 6.07) is 0. The van der Waals surface area contributed by atoms with E-state index in [1.165, 1.54) is 0 Å². The summed E-state index contributed by atoms with van der Waals surface area (Å²) in [5.41, 5.74) is 0. The molecule has 0 saturated heterocycles. The van der Waals surface area contributed by atoms with Crippen molar-refractivity contribution in [1.29, 1.82) is 0 Å². The maximum atomic E-state index is 10.4. The Morgan fingerprint density at radius 3 is 1.68 bits per heavy atom. The minimum absolute atomic E-state index is 0.0473. The number of carbonyl (C=O) groups excluding carboxylic acids is 3. The van der Waals surface area contributed by atoms with E-state index < -0.39 is 43.7 Å². The van der Waals surface area contributed by atoms with Crippen LogP contribution in [0.25, 0.3) is 0 Å². The van der Waals surface area contributed by atoms with E-state index in [4.69, 9.17) is 20.4 Å². The number of ether oxygens (including phenoxy) is 3. The molecule has 128 valence electrons. The molecular formula is C11H18O11. The molecule has 0 aliphatic carbocycles. The van der Waals surface area contributed by atoms with Crippen LogP contribution in [0.1, 0.15) is 12.8 Å². The molecule has 0 bridgehead atoms. The summed E-state index contributed by atoms with van der Waals surface area (Å²) in [5.74, 6) is -4.11. The number of hydrogen-bond acceptors (Lipinski definition) is 10. The number of carboxylic acids is 1. The van der Waals surface area contributed by atoms with Gasteiger partial charge in [-0.25, -0.2) is 4.79 Å². The third-order valence-electron chi connectivity index (χ3n) is 1.69. The summed E-state index contributed by atoms with van der Waals surface area (Å²) in [6.45, 7) is -1.49. The smallest absolute Gasteiger partial charge is 0.372 e. The highest BCUT2D eigenvalue weighted by Crippen LogP contribution is 1.88. The Labute approximate surface area is 125 Å². The average molecular weight is 326 g/mol. The molecule has 0 heterocycles. The Hall–Kier alpha value is -2.08. The molecule has 0 aliphatic rings. The van der Waals surface area contributed by atoms with Gasteiger partial charge in [-0.2, -0.15) is 0 Å². The van der Waals surface area contributed by atoms with Crippen molar-refractivity contribution in [3.63, 3.8) is 0 Å². The molecule has 0 amide bonds. The van der Waals surface area contributed by atoms with Crippen molar-refractivity contribution in [1.82, 2.24) is 0 Å². The minimum Gasteiger partial charge on any atom is -0.475 e. The van der Waals surface area contributed by atoms with Gasteiger partial charge < -0.3 is 34.6 Å². The second-order valence-electron chi connectivity index (χ2n) is 3.28. The highest BCUT2D eigenvalue weighted by Gasteiger charge is 2.10. The number of rotatable bonds is 10. The van der Waals surface area contributed by atoms with Gasteiger partial charge in [0.15, 0.2) is 13.6 Å². The van der Waals surface area contributed by atoms with Gasteiger partial charge in [0.05, 0.1) is 19.8 Å². The molecule has 0 aliphatic heterocycles. The number of carbonyl (C=O) groups is 4. The molecular weight excluding hydrogens is 308 g/mol. The van der Waals surface area contributed by atoms with Crippen LogP contribution < -0.4 is 0 Å². The summed E-state index contributed by atoms with van der Waals surface area (Å²) >= 11 is 0. The van der Waals surface area contributed by atoms with Gasteiger partial charge in [-0.15, -0.1) is 0 Å². The van der Waals surface area contributed by atoms with E-state index in [0.29, 0.717) is 0 Å². The summed E-state index contributed by atoms with van der Waals surface area (Å²) < 4.78 is 12.7. The van der Waals surface area contributed by atoms with Crippen LogP contribution in [0.2, 0.25) is 0 Å².